The zero-order chi connectivity index (χ0) is 29.8. The molecular weight excluding hydrogens is 602 g/mol. The van der Waals surface area contributed by atoms with Crippen molar-refractivity contribution >= 4 is 41.2 Å². The highest BCUT2D eigenvalue weighted by Gasteiger charge is 2.40. The van der Waals surface area contributed by atoms with Crippen molar-refractivity contribution in [3.8, 4) is 5.75 Å². The maximum absolute atomic E-state index is 12.5. The van der Waals surface area contributed by atoms with Gasteiger partial charge in [-0.3, -0.25) is 4.79 Å². The van der Waals surface area contributed by atoms with E-state index in [0.29, 0.717) is 22.5 Å². The van der Waals surface area contributed by atoms with E-state index in [1.165, 1.54) is 11.0 Å². The molecule has 0 fully saturated rings. The number of carboxylic acid groups (broad SMARTS) is 1. The molecule has 0 bridgehead atoms. The SMILES string of the molecule is CC(C)(C)[Si](C)(C)OC(CN(Cc1ccc(Br)nc1)C(=O)O)c1ccc(OCc2ccccc2)c2[nH]c(=O)ccc12. The summed E-state index contributed by atoms with van der Waals surface area (Å²) in [7, 11) is -2.36. The highest BCUT2D eigenvalue weighted by Crippen LogP contribution is 2.41. The van der Waals surface area contributed by atoms with Gasteiger partial charge in [0.1, 0.15) is 17.0 Å². The molecule has 10 heteroatoms. The number of carbonyl (C=O) groups is 1. The van der Waals surface area contributed by atoms with Crippen molar-refractivity contribution in [1.82, 2.24) is 14.9 Å². The van der Waals surface area contributed by atoms with Crippen molar-refractivity contribution in [3.63, 3.8) is 0 Å². The predicted octanol–water partition coefficient (Wildman–Crippen LogP) is 7.51. The summed E-state index contributed by atoms with van der Waals surface area (Å²) in [4.78, 5) is 33.4. The lowest BCUT2D eigenvalue weighted by Gasteiger charge is -2.40. The summed E-state index contributed by atoms with van der Waals surface area (Å²) in [6, 6.07) is 20.4. The van der Waals surface area contributed by atoms with Gasteiger partial charge in [-0.1, -0.05) is 63.2 Å². The lowest BCUT2D eigenvalue weighted by atomic mass is 10.0. The lowest BCUT2D eigenvalue weighted by Crippen LogP contribution is -2.44. The number of nitrogens with one attached hydrogen (secondary N) is 1. The lowest BCUT2D eigenvalue weighted by molar-refractivity contribution is 0.0986. The molecule has 0 saturated carbocycles. The van der Waals surface area contributed by atoms with Crippen LogP contribution in [0.5, 0.6) is 5.75 Å². The van der Waals surface area contributed by atoms with E-state index in [4.69, 9.17) is 9.16 Å². The van der Waals surface area contributed by atoms with Crippen LogP contribution < -0.4 is 10.3 Å². The highest BCUT2D eigenvalue weighted by molar-refractivity contribution is 9.10. The summed E-state index contributed by atoms with van der Waals surface area (Å²) in [5, 5.41) is 10.8. The van der Waals surface area contributed by atoms with Gasteiger partial charge in [0.25, 0.3) is 0 Å². The number of rotatable bonds is 10. The predicted molar refractivity (Wildman–Crippen MR) is 167 cm³/mol. The molecule has 2 aromatic heterocycles. The molecule has 0 radical (unpaired) electrons. The van der Waals surface area contributed by atoms with Crippen molar-refractivity contribution in [3.05, 3.63) is 105 Å². The number of fused-ring (bicyclic) bond motifs is 1. The first-order valence-corrected chi connectivity index (χ1v) is 17.1. The number of benzene rings is 2. The van der Waals surface area contributed by atoms with Crippen LogP contribution in [0.15, 0.2) is 82.3 Å². The summed E-state index contributed by atoms with van der Waals surface area (Å²) in [5.74, 6) is 0.535. The molecule has 41 heavy (non-hydrogen) atoms. The fourth-order valence-corrected chi connectivity index (χ4v) is 5.75. The number of hydrogen-bond donors (Lipinski definition) is 2. The minimum atomic E-state index is -2.36. The number of amides is 1. The molecule has 1 atom stereocenters. The van der Waals surface area contributed by atoms with E-state index in [2.05, 4.69) is 59.8 Å². The van der Waals surface area contributed by atoms with E-state index in [1.807, 2.05) is 48.5 Å². The summed E-state index contributed by atoms with van der Waals surface area (Å²) in [6.45, 7) is 11.3. The standard InChI is InChI=1S/C31H36BrN3O5Si/c1-31(2,3)41(4,5)40-26(19-35(30(37)38)18-22-11-15-27(32)33-17-22)23-12-14-25(29-24(23)13-16-28(36)34-29)39-20-21-9-7-6-8-10-21/h6-17,26H,18-20H2,1-5H3,(H,34,36)(H,37,38). The van der Waals surface area contributed by atoms with Crippen LogP contribution in [-0.2, 0) is 17.6 Å². The topological polar surface area (TPSA) is 105 Å². The average molecular weight is 639 g/mol. The number of aromatic amines is 1. The maximum atomic E-state index is 12.5. The minimum absolute atomic E-state index is 0.0936. The van der Waals surface area contributed by atoms with Crippen LogP contribution in [0.2, 0.25) is 18.1 Å². The van der Waals surface area contributed by atoms with Crippen molar-refractivity contribution in [1.29, 1.82) is 0 Å². The molecule has 0 saturated heterocycles. The third kappa shape index (κ3) is 7.63. The Kier molecular flexibility index (Phi) is 9.36. The van der Waals surface area contributed by atoms with Crippen LogP contribution >= 0.6 is 15.9 Å². The quantitative estimate of drug-likeness (QED) is 0.138. The van der Waals surface area contributed by atoms with E-state index in [-0.39, 0.29) is 23.7 Å². The normalized spacial score (nSPS) is 12.7. The Bertz CT molecular complexity index is 1550. The molecule has 216 valence electrons. The van der Waals surface area contributed by atoms with Crippen LogP contribution in [-0.4, -0.2) is 40.9 Å². The molecule has 0 aliphatic heterocycles. The van der Waals surface area contributed by atoms with Gasteiger partial charge in [-0.15, -0.1) is 0 Å². The van der Waals surface area contributed by atoms with E-state index < -0.39 is 20.5 Å². The minimum Gasteiger partial charge on any atom is -0.487 e. The van der Waals surface area contributed by atoms with Crippen LogP contribution in [0.25, 0.3) is 10.9 Å². The number of pyridine rings is 2. The van der Waals surface area contributed by atoms with Crippen molar-refractivity contribution < 1.29 is 19.1 Å². The Hall–Kier alpha value is -3.47. The van der Waals surface area contributed by atoms with Crippen LogP contribution in [0.1, 0.15) is 43.6 Å². The number of ether oxygens (including phenoxy) is 1. The van der Waals surface area contributed by atoms with Gasteiger partial charge >= 0.3 is 6.09 Å². The third-order valence-electron chi connectivity index (χ3n) is 7.54. The second-order valence-electron chi connectivity index (χ2n) is 11.6. The zero-order valence-corrected chi connectivity index (χ0v) is 26.6. The Morgan fingerprint density at radius 2 is 1.78 bits per heavy atom. The molecule has 2 N–H and O–H groups in total. The molecule has 4 aromatic rings. The van der Waals surface area contributed by atoms with Gasteiger partial charge in [0.05, 0.1) is 24.7 Å². The summed E-state index contributed by atoms with van der Waals surface area (Å²) >= 11 is 3.33. The number of aromatic nitrogens is 2. The molecule has 8 nitrogen and oxygen atoms in total. The summed E-state index contributed by atoms with van der Waals surface area (Å²) in [6.07, 6.45) is 0.00665. The molecular formula is C31H36BrN3O5Si. The number of hydrogen-bond acceptors (Lipinski definition) is 5. The molecule has 4 rings (SSSR count). The zero-order valence-electron chi connectivity index (χ0n) is 24.0. The summed E-state index contributed by atoms with van der Waals surface area (Å²) in [5.41, 5.74) is 2.85. The van der Waals surface area contributed by atoms with Crippen molar-refractivity contribution in [2.24, 2.45) is 0 Å². The largest absolute Gasteiger partial charge is 0.487 e. The molecule has 2 aromatic carbocycles. The summed E-state index contributed by atoms with van der Waals surface area (Å²) < 4.78 is 13.7. The Labute approximate surface area is 249 Å². The van der Waals surface area contributed by atoms with Gasteiger partial charge in [-0.05, 0) is 69.0 Å². The van der Waals surface area contributed by atoms with Crippen LogP contribution in [0.3, 0.4) is 0 Å². The number of H-pyrrole nitrogens is 1. The third-order valence-corrected chi connectivity index (χ3v) is 12.5. The number of nitrogens with zero attached hydrogens (tertiary/aromatic N) is 2. The monoisotopic (exact) mass is 637 g/mol. The molecule has 2 heterocycles. The molecule has 1 unspecified atom stereocenters. The second kappa shape index (κ2) is 12.6. The van der Waals surface area contributed by atoms with Gasteiger partial charge in [-0.25, -0.2) is 9.78 Å². The van der Waals surface area contributed by atoms with E-state index in [0.717, 1.165) is 22.1 Å². The van der Waals surface area contributed by atoms with Gasteiger partial charge in [0, 0.05) is 17.6 Å². The fourth-order valence-electron chi connectivity index (χ4n) is 4.25. The second-order valence-corrected chi connectivity index (χ2v) is 17.1. The van der Waals surface area contributed by atoms with E-state index in [9.17, 15) is 14.7 Å². The average Bonchev–Trinajstić information content (AvgIpc) is 2.91. The van der Waals surface area contributed by atoms with Gasteiger partial charge in [0.15, 0.2) is 8.32 Å². The van der Waals surface area contributed by atoms with Gasteiger partial charge in [-0.2, -0.15) is 0 Å². The first kappa shape index (κ1) is 30.5. The van der Waals surface area contributed by atoms with Crippen LogP contribution in [0, 0.1) is 0 Å². The Morgan fingerprint density at radius 3 is 2.41 bits per heavy atom. The Balaban J connectivity index is 1.76. The van der Waals surface area contributed by atoms with E-state index >= 15 is 0 Å². The van der Waals surface area contributed by atoms with E-state index in [1.54, 1.807) is 18.3 Å². The van der Waals surface area contributed by atoms with Crippen molar-refractivity contribution in [2.45, 2.75) is 58.2 Å². The van der Waals surface area contributed by atoms with Gasteiger partial charge in [0.2, 0.25) is 5.56 Å². The Morgan fingerprint density at radius 1 is 1.05 bits per heavy atom. The fraction of sp³-hybridized carbons (Fsp3) is 0.323. The first-order chi connectivity index (χ1) is 19.3. The van der Waals surface area contributed by atoms with Crippen LogP contribution in [0.4, 0.5) is 4.79 Å². The first-order valence-electron chi connectivity index (χ1n) is 13.4. The van der Waals surface area contributed by atoms with Crippen molar-refractivity contribution in [2.75, 3.05) is 6.54 Å². The number of halogens is 1. The molecule has 0 aliphatic carbocycles. The maximum Gasteiger partial charge on any atom is 0.407 e. The smallest absolute Gasteiger partial charge is 0.407 e. The molecule has 0 aliphatic rings. The molecule has 1 amide bonds. The molecule has 0 spiro atoms. The van der Waals surface area contributed by atoms with Gasteiger partial charge < -0.3 is 24.2 Å². The highest BCUT2D eigenvalue weighted by atomic mass is 79.9.